The number of nitrogens with one attached hydrogen (secondary N) is 1. The molecule has 1 rings (SSSR count). The van der Waals surface area contributed by atoms with E-state index in [1.165, 1.54) is 24.3 Å². The van der Waals surface area contributed by atoms with Crippen LogP contribution in [0.2, 0.25) is 0 Å². The molecule has 0 aliphatic rings. The third kappa shape index (κ3) is 5.50. The molecular weight excluding hydrogens is 349 g/mol. The number of nitrogens with zero attached hydrogens (tertiary/aromatic N) is 1. The van der Waals surface area contributed by atoms with E-state index in [0.717, 1.165) is 19.1 Å². The minimum Gasteiger partial charge on any atom is -0.490 e. The Labute approximate surface area is 148 Å². The lowest BCUT2D eigenvalue weighted by Gasteiger charge is -2.23. The van der Waals surface area contributed by atoms with Crippen LogP contribution in [0.1, 0.15) is 18.1 Å². The molecule has 0 saturated heterocycles. The van der Waals surface area contributed by atoms with Crippen molar-refractivity contribution < 1.29 is 27.8 Å². The number of nitriles is 1. The van der Waals surface area contributed by atoms with Crippen LogP contribution in [-0.4, -0.2) is 23.2 Å². The van der Waals surface area contributed by atoms with E-state index >= 15 is 0 Å². The molecule has 0 aliphatic heterocycles. The van der Waals surface area contributed by atoms with Crippen molar-refractivity contribution in [2.24, 2.45) is 0 Å². The highest BCUT2D eigenvalue weighted by Gasteiger charge is 2.35. The number of allylic oxidation sites excluding steroid dienone is 3. The molecule has 0 saturated carbocycles. The molecule has 0 bridgehead atoms. The van der Waals surface area contributed by atoms with Gasteiger partial charge in [0.15, 0.2) is 5.60 Å². The largest absolute Gasteiger partial charge is 0.490 e. The van der Waals surface area contributed by atoms with E-state index in [0.29, 0.717) is 6.07 Å². The summed E-state index contributed by atoms with van der Waals surface area (Å²) in [7, 11) is 0. The average molecular weight is 366 g/mol. The van der Waals surface area contributed by atoms with Crippen molar-refractivity contribution >= 4 is 11.6 Å². The molecule has 5 nitrogen and oxygen atoms in total. The van der Waals surface area contributed by atoms with Gasteiger partial charge in [0.05, 0.1) is 17.2 Å². The number of alkyl halides is 3. The first-order valence-corrected chi connectivity index (χ1v) is 7.28. The Hall–Kier alpha value is -3.05. The molecule has 1 amide bonds. The first-order valence-electron chi connectivity index (χ1n) is 7.28. The van der Waals surface area contributed by atoms with Gasteiger partial charge in [0.25, 0.3) is 5.91 Å². The summed E-state index contributed by atoms with van der Waals surface area (Å²) in [6.07, 6.45) is -0.546. The minimum atomic E-state index is -4.76. The molecule has 0 aliphatic carbocycles. The third-order valence-corrected chi connectivity index (χ3v) is 3.20. The summed E-state index contributed by atoms with van der Waals surface area (Å²) in [6.45, 7) is 7.63. The lowest BCUT2D eigenvalue weighted by molar-refractivity contribution is -0.138. The first-order chi connectivity index (χ1) is 12.0. The van der Waals surface area contributed by atoms with E-state index in [1.54, 1.807) is 0 Å². The third-order valence-electron chi connectivity index (χ3n) is 3.20. The zero-order valence-corrected chi connectivity index (χ0v) is 13.9. The second-order valence-electron chi connectivity index (χ2n) is 5.40. The summed E-state index contributed by atoms with van der Waals surface area (Å²) < 4.78 is 44.1. The van der Waals surface area contributed by atoms with Crippen LogP contribution >= 0.6 is 0 Å². The highest BCUT2D eigenvalue weighted by Crippen LogP contribution is 2.33. The Morgan fingerprint density at radius 1 is 1.42 bits per heavy atom. The van der Waals surface area contributed by atoms with Crippen LogP contribution in [0, 0.1) is 11.3 Å². The molecule has 138 valence electrons. The fourth-order valence-electron chi connectivity index (χ4n) is 1.80. The normalized spacial score (nSPS) is 13.9. The molecule has 0 fully saturated rings. The number of rotatable bonds is 7. The molecule has 0 radical (unpaired) electrons. The van der Waals surface area contributed by atoms with Crippen LogP contribution in [0.15, 0.2) is 55.3 Å². The maximum Gasteiger partial charge on any atom is 0.417 e. The van der Waals surface area contributed by atoms with Crippen molar-refractivity contribution in [3.63, 3.8) is 0 Å². The lowest BCUT2D eigenvalue weighted by atomic mass is 10.1. The topological polar surface area (TPSA) is 82.3 Å². The Bertz CT molecular complexity index is 775. The van der Waals surface area contributed by atoms with Crippen LogP contribution in [0.3, 0.4) is 0 Å². The van der Waals surface area contributed by atoms with Gasteiger partial charge in [-0.05, 0) is 37.3 Å². The number of ether oxygens (including phenoxy) is 1. The highest BCUT2D eigenvalue weighted by molar-refractivity contribution is 5.97. The lowest BCUT2D eigenvalue weighted by Crippen LogP contribution is -2.44. The van der Waals surface area contributed by atoms with Gasteiger partial charge in [0.1, 0.15) is 12.4 Å². The molecule has 0 spiro atoms. The molecule has 0 aromatic heterocycles. The zero-order chi connectivity index (χ0) is 20.0. The van der Waals surface area contributed by atoms with Gasteiger partial charge in [-0.3, -0.25) is 4.79 Å². The Morgan fingerprint density at radius 3 is 2.58 bits per heavy atom. The van der Waals surface area contributed by atoms with E-state index in [2.05, 4.69) is 18.5 Å². The Morgan fingerprint density at radius 2 is 2.08 bits per heavy atom. The summed E-state index contributed by atoms with van der Waals surface area (Å²) >= 11 is 0. The van der Waals surface area contributed by atoms with Crippen LogP contribution in [0.5, 0.6) is 0 Å². The van der Waals surface area contributed by atoms with E-state index in [1.807, 2.05) is 0 Å². The van der Waals surface area contributed by atoms with Crippen LogP contribution in [0.25, 0.3) is 0 Å². The second-order valence-corrected chi connectivity index (χ2v) is 5.40. The minimum absolute atomic E-state index is 0.216. The van der Waals surface area contributed by atoms with Gasteiger partial charge in [0, 0.05) is 5.69 Å². The first kappa shape index (κ1) is 21.0. The number of aliphatic hydroxyl groups is 1. The summed E-state index contributed by atoms with van der Waals surface area (Å²) in [5.41, 5.74) is -4.00. The fourth-order valence-corrected chi connectivity index (χ4v) is 1.80. The van der Waals surface area contributed by atoms with Crippen molar-refractivity contribution in [1.82, 2.24) is 0 Å². The molecule has 1 atom stereocenters. The van der Waals surface area contributed by atoms with E-state index < -0.39 is 35.4 Å². The number of carbonyl (C=O) groups excluding carboxylic acids is 1. The average Bonchev–Trinajstić information content (AvgIpc) is 2.57. The maximum absolute atomic E-state index is 13.0. The summed E-state index contributed by atoms with van der Waals surface area (Å²) in [4.78, 5) is 12.2. The molecule has 1 aromatic rings. The number of hydrogen-bond donors (Lipinski definition) is 2. The molecular formula is C18H17F3N2O3. The van der Waals surface area contributed by atoms with Crippen LogP contribution in [0.4, 0.5) is 18.9 Å². The summed E-state index contributed by atoms with van der Waals surface area (Å²) in [5.74, 6) is -0.719. The monoisotopic (exact) mass is 366 g/mol. The SMILES string of the molecule is C=C/C=C(\C=C)OC[C@](C)(O)C(=O)Nc1ccc(C#N)c(C(F)(F)F)c1. The van der Waals surface area contributed by atoms with Gasteiger partial charge in [-0.25, -0.2) is 0 Å². The van der Waals surface area contributed by atoms with Gasteiger partial charge in [-0.15, -0.1) is 0 Å². The fraction of sp³-hybridized carbons (Fsp3) is 0.222. The van der Waals surface area contributed by atoms with E-state index in [9.17, 15) is 23.1 Å². The number of benzene rings is 1. The van der Waals surface area contributed by atoms with Gasteiger partial charge in [-0.1, -0.05) is 19.2 Å². The summed E-state index contributed by atoms with van der Waals surface area (Å²) in [5, 5.41) is 21.1. The Kier molecular flexibility index (Phi) is 6.75. The standard InChI is InChI=1S/C18H17F3N2O3/c1-4-6-14(5-2)26-11-17(3,25)16(24)23-13-8-7-12(10-22)15(9-13)18(19,20)21/h4-9,25H,1-2,11H2,3H3,(H,23,24)/b14-6+/t17-/m0/s1. The molecule has 8 heteroatoms. The zero-order valence-electron chi connectivity index (χ0n) is 13.9. The second kappa shape index (κ2) is 8.36. The van der Waals surface area contributed by atoms with Crippen LogP contribution < -0.4 is 5.32 Å². The van der Waals surface area contributed by atoms with Crippen molar-refractivity contribution in [1.29, 1.82) is 5.26 Å². The summed E-state index contributed by atoms with van der Waals surface area (Å²) in [6, 6.07) is 4.13. The smallest absolute Gasteiger partial charge is 0.417 e. The van der Waals surface area contributed by atoms with Gasteiger partial charge in [0.2, 0.25) is 0 Å². The maximum atomic E-state index is 13.0. The van der Waals surface area contributed by atoms with Crippen molar-refractivity contribution in [2.45, 2.75) is 18.7 Å². The van der Waals surface area contributed by atoms with Gasteiger partial charge < -0.3 is 15.2 Å². The van der Waals surface area contributed by atoms with Gasteiger partial charge >= 0.3 is 6.18 Å². The molecule has 0 unspecified atom stereocenters. The molecule has 1 aromatic carbocycles. The van der Waals surface area contributed by atoms with Crippen molar-refractivity contribution in [3.8, 4) is 6.07 Å². The van der Waals surface area contributed by atoms with E-state index in [4.69, 9.17) is 10.00 Å². The Balaban J connectivity index is 2.96. The van der Waals surface area contributed by atoms with E-state index in [-0.39, 0.29) is 11.4 Å². The van der Waals surface area contributed by atoms with Crippen molar-refractivity contribution in [3.05, 3.63) is 66.5 Å². The van der Waals surface area contributed by atoms with Crippen LogP contribution in [-0.2, 0) is 15.7 Å². The number of halogens is 3. The molecule has 0 heterocycles. The molecule has 26 heavy (non-hydrogen) atoms. The quantitative estimate of drug-likeness (QED) is 0.571. The number of anilines is 1. The number of carbonyl (C=O) groups is 1. The number of amides is 1. The van der Waals surface area contributed by atoms with Crippen molar-refractivity contribution in [2.75, 3.05) is 11.9 Å². The molecule has 2 N–H and O–H groups in total. The number of hydrogen-bond acceptors (Lipinski definition) is 4. The highest BCUT2D eigenvalue weighted by atomic mass is 19.4. The predicted molar refractivity (Wildman–Crippen MR) is 89.8 cm³/mol. The predicted octanol–water partition coefficient (Wildman–Crippen LogP) is 3.54. The van der Waals surface area contributed by atoms with Gasteiger partial charge in [-0.2, -0.15) is 18.4 Å².